The molecule has 3 rings (SSSR count). The molecule has 0 aliphatic carbocycles. The van der Waals surface area contributed by atoms with Gasteiger partial charge in [-0.05, 0) is 54.6 Å². The molecule has 0 unspecified atom stereocenters. The molecule has 0 aliphatic heterocycles. The maximum Gasteiger partial charge on any atom is 0.435 e. The van der Waals surface area contributed by atoms with Gasteiger partial charge in [-0.2, -0.15) is 18.3 Å². The summed E-state index contributed by atoms with van der Waals surface area (Å²) in [4.78, 5) is 10.8. The van der Waals surface area contributed by atoms with Crippen LogP contribution >= 0.6 is 0 Å². The number of nitrogens with two attached hydrogens (primary N) is 1. The highest BCUT2D eigenvalue weighted by Gasteiger charge is 2.35. The lowest BCUT2D eigenvalue weighted by atomic mass is 10.1. The number of hydrogen-bond acceptors (Lipinski definition) is 4. The fourth-order valence-corrected chi connectivity index (χ4v) is 2.52. The average Bonchev–Trinajstić information content (AvgIpc) is 3.13. The number of carbonyl (C=O) groups excluding carboxylic acids is 1. The number of ether oxygens (including phenoxy) is 2. The highest BCUT2D eigenvalue weighted by molar-refractivity contribution is 5.75. The van der Waals surface area contributed by atoms with Crippen LogP contribution in [0.25, 0.3) is 16.9 Å². The first-order valence-corrected chi connectivity index (χ1v) is 8.11. The third-order valence-electron chi connectivity index (χ3n) is 3.85. The second-order valence-corrected chi connectivity index (χ2v) is 5.80. The Hall–Kier alpha value is -3.49. The monoisotopic (exact) mass is 391 g/mol. The first kappa shape index (κ1) is 19.3. The van der Waals surface area contributed by atoms with E-state index in [1.54, 1.807) is 36.4 Å². The second kappa shape index (κ2) is 7.63. The van der Waals surface area contributed by atoms with E-state index in [-0.39, 0.29) is 12.3 Å². The van der Waals surface area contributed by atoms with E-state index in [2.05, 4.69) is 5.10 Å². The third-order valence-corrected chi connectivity index (χ3v) is 3.85. The number of amides is 1. The van der Waals surface area contributed by atoms with Gasteiger partial charge in [-0.3, -0.25) is 4.79 Å². The zero-order valence-electron chi connectivity index (χ0n) is 14.7. The number of alkyl halides is 3. The molecule has 0 aliphatic rings. The Morgan fingerprint density at radius 2 is 1.68 bits per heavy atom. The maximum atomic E-state index is 13.2. The van der Waals surface area contributed by atoms with E-state index in [4.69, 9.17) is 15.2 Å². The highest BCUT2D eigenvalue weighted by Crippen LogP contribution is 2.34. The molecule has 6 nitrogen and oxygen atoms in total. The molecule has 1 heterocycles. The van der Waals surface area contributed by atoms with E-state index in [1.165, 1.54) is 23.9 Å². The smallest absolute Gasteiger partial charge is 0.435 e. The maximum absolute atomic E-state index is 13.2. The van der Waals surface area contributed by atoms with E-state index in [9.17, 15) is 18.0 Å². The van der Waals surface area contributed by atoms with Gasteiger partial charge in [-0.15, -0.1) is 0 Å². The summed E-state index contributed by atoms with van der Waals surface area (Å²) in [5, 5.41) is 3.72. The van der Waals surface area contributed by atoms with Gasteiger partial charge in [0.2, 0.25) is 0 Å². The molecular weight excluding hydrogens is 375 g/mol. The topological polar surface area (TPSA) is 79.4 Å². The molecular formula is C19H16F3N3O3. The standard InChI is InChI=1S/C19H16F3N3O3/c1-27-14-8-4-13(5-9-14)25-16(10-17(24-25)19(20,21)22)12-2-6-15(7-3-12)28-11-18(23)26/h2-10H,11H2,1H3,(H2,23,26). The number of aromatic nitrogens is 2. The Labute approximate surface area is 158 Å². The van der Waals surface area contributed by atoms with E-state index < -0.39 is 17.8 Å². The van der Waals surface area contributed by atoms with Gasteiger partial charge in [0, 0.05) is 5.56 Å². The SMILES string of the molecule is COc1ccc(-n2nc(C(F)(F)F)cc2-c2ccc(OCC(N)=O)cc2)cc1. The van der Waals surface area contributed by atoms with E-state index >= 15 is 0 Å². The predicted octanol–water partition coefficient (Wildman–Crippen LogP) is 3.43. The van der Waals surface area contributed by atoms with Gasteiger partial charge >= 0.3 is 6.18 Å². The summed E-state index contributed by atoms with van der Waals surface area (Å²) in [7, 11) is 1.50. The minimum Gasteiger partial charge on any atom is -0.497 e. The number of nitrogens with zero attached hydrogens (tertiary/aromatic N) is 2. The lowest BCUT2D eigenvalue weighted by Crippen LogP contribution is -2.19. The van der Waals surface area contributed by atoms with Crippen molar-refractivity contribution in [2.24, 2.45) is 5.73 Å². The largest absolute Gasteiger partial charge is 0.497 e. The van der Waals surface area contributed by atoms with Crippen molar-refractivity contribution in [1.82, 2.24) is 9.78 Å². The van der Waals surface area contributed by atoms with Crippen LogP contribution < -0.4 is 15.2 Å². The molecule has 0 spiro atoms. The molecule has 28 heavy (non-hydrogen) atoms. The minimum atomic E-state index is -4.59. The molecule has 0 saturated carbocycles. The fourth-order valence-electron chi connectivity index (χ4n) is 2.52. The van der Waals surface area contributed by atoms with Gasteiger partial charge in [-0.1, -0.05) is 0 Å². The van der Waals surface area contributed by atoms with Crippen LogP contribution in [-0.4, -0.2) is 29.4 Å². The van der Waals surface area contributed by atoms with E-state index in [0.29, 0.717) is 22.7 Å². The van der Waals surface area contributed by atoms with Gasteiger partial charge in [0.15, 0.2) is 12.3 Å². The lowest BCUT2D eigenvalue weighted by Gasteiger charge is -2.09. The van der Waals surface area contributed by atoms with Gasteiger partial charge in [0.25, 0.3) is 5.91 Å². The van der Waals surface area contributed by atoms with Crippen LogP contribution in [0.2, 0.25) is 0 Å². The average molecular weight is 391 g/mol. The number of hydrogen-bond donors (Lipinski definition) is 1. The van der Waals surface area contributed by atoms with Crippen LogP contribution in [0, 0.1) is 0 Å². The first-order chi connectivity index (χ1) is 13.3. The van der Waals surface area contributed by atoms with Crippen molar-refractivity contribution in [2.45, 2.75) is 6.18 Å². The molecule has 146 valence electrons. The Kier molecular flexibility index (Phi) is 5.25. The number of carbonyl (C=O) groups is 1. The van der Waals surface area contributed by atoms with Crippen molar-refractivity contribution in [1.29, 1.82) is 0 Å². The Bertz CT molecular complexity index is 965. The van der Waals surface area contributed by atoms with Crippen LogP contribution in [0.4, 0.5) is 13.2 Å². The number of halogens is 3. The summed E-state index contributed by atoms with van der Waals surface area (Å²) in [6.45, 7) is -0.290. The van der Waals surface area contributed by atoms with Gasteiger partial charge in [0.05, 0.1) is 18.5 Å². The Morgan fingerprint density at radius 1 is 1.07 bits per heavy atom. The molecule has 0 atom stereocenters. The summed E-state index contributed by atoms with van der Waals surface area (Å²) < 4.78 is 51.1. The zero-order valence-corrected chi connectivity index (χ0v) is 14.7. The number of methoxy groups -OCH3 is 1. The van der Waals surface area contributed by atoms with Crippen molar-refractivity contribution in [3.8, 4) is 28.4 Å². The third kappa shape index (κ3) is 4.25. The normalized spacial score (nSPS) is 11.3. The lowest BCUT2D eigenvalue weighted by molar-refractivity contribution is -0.141. The summed E-state index contributed by atoms with van der Waals surface area (Å²) in [6, 6.07) is 13.7. The van der Waals surface area contributed by atoms with E-state index in [0.717, 1.165) is 6.07 Å². The molecule has 0 fully saturated rings. The van der Waals surface area contributed by atoms with Crippen LogP contribution in [0.3, 0.4) is 0 Å². The highest BCUT2D eigenvalue weighted by atomic mass is 19.4. The zero-order chi connectivity index (χ0) is 20.3. The van der Waals surface area contributed by atoms with Crippen molar-refractivity contribution in [3.63, 3.8) is 0 Å². The molecule has 1 aromatic heterocycles. The minimum absolute atomic E-state index is 0.249. The van der Waals surface area contributed by atoms with Crippen LogP contribution in [0.15, 0.2) is 54.6 Å². The first-order valence-electron chi connectivity index (χ1n) is 8.11. The number of rotatable bonds is 6. The quantitative estimate of drug-likeness (QED) is 0.698. The number of benzene rings is 2. The van der Waals surface area contributed by atoms with Crippen molar-refractivity contribution < 1.29 is 27.4 Å². The molecule has 0 bridgehead atoms. The molecule has 2 N–H and O–H groups in total. The van der Waals surface area contributed by atoms with Crippen molar-refractivity contribution in [3.05, 3.63) is 60.3 Å². The second-order valence-electron chi connectivity index (χ2n) is 5.80. The molecule has 2 aromatic carbocycles. The summed E-state index contributed by atoms with van der Waals surface area (Å²) >= 11 is 0. The Balaban J connectivity index is 2.01. The fraction of sp³-hybridized carbons (Fsp3) is 0.158. The summed E-state index contributed by atoms with van der Waals surface area (Å²) in [5.41, 5.74) is 5.20. The van der Waals surface area contributed by atoms with E-state index in [1.807, 2.05) is 0 Å². The Morgan fingerprint density at radius 3 is 2.21 bits per heavy atom. The van der Waals surface area contributed by atoms with Crippen molar-refractivity contribution >= 4 is 5.91 Å². The summed E-state index contributed by atoms with van der Waals surface area (Å²) in [6.07, 6.45) is -4.59. The van der Waals surface area contributed by atoms with Crippen LogP contribution in [-0.2, 0) is 11.0 Å². The molecule has 0 radical (unpaired) electrons. The molecule has 0 saturated heterocycles. The van der Waals surface area contributed by atoms with Crippen LogP contribution in [0.5, 0.6) is 11.5 Å². The molecule has 9 heteroatoms. The number of primary amides is 1. The van der Waals surface area contributed by atoms with Gasteiger partial charge in [0.1, 0.15) is 11.5 Å². The molecule has 3 aromatic rings. The van der Waals surface area contributed by atoms with Gasteiger partial charge in [-0.25, -0.2) is 4.68 Å². The predicted molar refractivity (Wildman–Crippen MR) is 95.2 cm³/mol. The summed E-state index contributed by atoms with van der Waals surface area (Å²) in [5.74, 6) is 0.315. The molecule has 1 amide bonds. The van der Waals surface area contributed by atoms with Crippen molar-refractivity contribution in [2.75, 3.05) is 13.7 Å². The van der Waals surface area contributed by atoms with Gasteiger partial charge < -0.3 is 15.2 Å². The van der Waals surface area contributed by atoms with Crippen LogP contribution in [0.1, 0.15) is 5.69 Å².